The molecule has 1 unspecified atom stereocenters. The van der Waals surface area contributed by atoms with Gasteiger partial charge in [0.25, 0.3) is 0 Å². The largest absolute Gasteiger partial charge is 0.368 e. The van der Waals surface area contributed by atoms with E-state index < -0.39 is 0 Å². The van der Waals surface area contributed by atoms with Gasteiger partial charge in [-0.25, -0.2) is 0 Å². The molecule has 0 spiro atoms. The van der Waals surface area contributed by atoms with Crippen molar-refractivity contribution >= 4 is 11.8 Å². The van der Waals surface area contributed by atoms with Crippen LogP contribution in [-0.2, 0) is 4.74 Å². The monoisotopic (exact) mass is 134 g/mol. The van der Waals surface area contributed by atoms with E-state index in [-0.39, 0.29) is 0 Å². The third-order valence-corrected chi connectivity index (χ3v) is 1.74. The Morgan fingerprint density at radius 2 is 2.12 bits per heavy atom. The van der Waals surface area contributed by atoms with Crippen molar-refractivity contribution in [1.82, 2.24) is 0 Å². The second-order valence-electron chi connectivity index (χ2n) is 1.48. The van der Waals surface area contributed by atoms with E-state index in [0.29, 0.717) is 5.44 Å². The van der Waals surface area contributed by atoms with Gasteiger partial charge in [0.1, 0.15) is 0 Å². The molecule has 0 aromatic heterocycles. The Morgan fingerprint density at radius 1 is 1.50 bits per heavy atom. The first-order chi connectivity index (χ1) is 3.81. The maximum absolute atomic E-state index is 5.25. The predicted molar refractivity (Wildman–Crippen MR) is 39.2 cm³/mol. The lowest BCUT2D eigenvalue weighted by Gasteiger charge is -2.07. The molecule has 2 heteroatoms. The van der Waals surface area contributed by atoms with Crippen LogP contribution in [0.25, 0.3) is 0 Å². The molecule has 0 bridgehead atoms. The Morgan fingerprint density at radius 3 is 2.50 bits per heavy atom. The maximum Gasteiger partial charge on any atom is 0.0999 e. The average Bonchev–Trinajstić information content (AvgIpc) is 1.68. The minimum atomic E-state index is 0.380. The molecule has 0 fully saturated rings. The van der Waals surface area contributed by atoms with Gasteiger partial charge in [-0.1, -0.05) is 6.92 Å². The minimum Gasteiger partial charge on any atom is -0.368 e. The molecule has 0 heterocycles. The van der Waals surface area contributed by atoms with Crippen LogP contribution in [0.1, 0.15) is 20.8 Å². The van der Waals surface area contributed by atoms with E-state index in [2.05, 4.69) is 13.8 Å². The topological polar surface area (TPSA) is 9.23 Å². The summed E-state index contributed by atoms with van der Waals surface area (Å²) in [6.07, 6.45) is 0. The molecule has 0 amide bonds. The van der Waals surface area contributed by atoms with Gasteiger partial charge >= 0.3 is 0 Å². The van der Waals surface area contributed by atoms with Crippen LogP contribution in [0.15, 0.2) is 0 Å². The van der Waals surface area contributed by atoms with Gasteiger partial charge in [0.2, 0.25) is 0 Å². The average molecular weight is 134 g/mol. The molecular weight excluding hydrogens is 120 g/mol. The summed E-state index contributed by atoms with van der Waals surface area (Å²) < 4.78 is 5.25. The lowest BCUT2D eigenvalue weighted by atomic mass is 10.8. The van der Waals surface area contributed by atoms with Gasteiger partial charge < -0.3 is 4.74 Å². The molecule has 0 aliphatic rings. The van der Waals surface area contributed by atoms with Crippen LogP contribution in [0.3, 0.4) is 0 Å². The fourth-order valence-electron chi connectivity index (χ4n) is 0.518. The predicted octanol–water partition coefficient (Wildman–Crippen LogP) is 2.12. The van der Waals surface area contributed by atoms with Gasteiger partial charge in [-0.15, -0.1) is 11.8 Å². The first-order valence-electron chi connectivity index (χ1n) is 3.04. The Kier molecular flexibility index (Phi) is 5.66. The highest BCUT2D eigenvalue weighted by atomic mass is 32.2. The van der Waals surface area contributed by atoms with Crippen LogP contribution >= 0.6 is 11.8 Å². The zero-order chi connectivity index (χ0) is 6.41. The van der Waals surface area contributed by atoms with Crippen LogP contribution in [0.5, 0.6) is 0 Å². The fourth-order valence-corrected chi connectivity index (χ4v) is 1.22. The molecule has 0 saturated heterocycles. The summed E-state index contributed by atoms with van der Waals surface area (Å²) in [4.78, 5) is 0. The molecule has 0 aliphatic carbocycles. The van der Waals surface area contributed by atoms with Gasteiger partial charge in [0, 0.05) is 6.61 Å². The van der Waals surface area contributed by atoms with Crippen LogP contribution in [0.2, 0.25) is 0 Å². The second-order valence-corrected chi connectivity index (χ2v) is 3.05. The molecule has 0 aromatic carbocycles. The summed E-state index contributed by atoms with van der Waals surface area (Å²) >= 11 is 1.83. The molecular formula is C6H14OS. The van der Waals surface area contributed by atoms with Gasteiger partial charge in [0.15, 0.2) is 0 Å². The lowest BCUT2D eigenvalue weighted by molar-refractivity contribution is 0.137. The molecule has 8 heavy (non-hydrogen) atoms. The van der Waals surface area contributed by atoms with Gasteiger partial charge in [0.05, 0.1) is 5.44 Å². The van der Waals surface area contributed by atoms with Gasteiger partial charge in [-0.2, -0.15) is 0 Å². The van der Waals surface area contributed by atoms with Crippen molar-refractivity contribution in [2.24, 2.45) is 0 Å². The third kappa shape index (κ3) is 4.47. The quantitative estimate of drug-likeness (QED) is 0.545. The lowest BCUT2D eigenvalue weighted by Crippen LogP contribution is -2.02. The number of hydrogen-bond donors (Lipinski definition) is 0. The number of hydrogen-bond acceptors (Lipinski definition) is 2. The first kappa shape index (κ1) is 8.31. The summed E-state index contributed by atoms with van der Waals surface area (Å²) in [6.45, 7) is 7.07. The Bertz CT molecular complexity index is 41.8. The summed E-state index contributed by atoms with van der Waals surface area (Å²) in [5.74, 6) is 1.14. The zero-order valence-corrected chi connectivity index (χ0v) is 6.62. The van der Waals surface area contributed by atoms with Crippen molar-refractivity contribution < 1.29 is 4.74 Å². The Balaban J connectivity index is 2.92. The van der Waals surface area contributed by atoms with Crippen molar-refractivity contribution in [2.45, 2.75) is 26.2 Å². The highest BCUT2D eigenvalue weighted by Gasteiger charge is 1.95. The van der Waals surface area contributed by atoms with E-state index in [4.69, 9.17) is 4.74 Å². The summed E-state index contributed by atoms with van der Waals surface area (Å²) in [6, 6.07) is 0. The highest BCUT2D eigenvalue weighted by molar-refractivity contribution is 7.99. The van der Waals surface area contributed by atoms with Crippen molar-refractivity contribution in [3.05, 3.63) is 0 Å². The first-order valence-corrected chi connectivity index (χ1v) is 4.09. The fraction of sp³-hybridized carbons (Fsp3) is 1.00. The second kappa shape index (κ2) is 5.45. The zero-order valence-electron chi connectivity index (χ0n) is 5.81. The van der Waals surface area contributed by atoms with Crippen molar-refractivity contribution in [3.63, 3.8) is 0 Å². The number of rotatable bonds is 4. The molecule has 50 valence electrons. The van der Waals surface area contributed by atoms with Gasteiger partial charge in [-0.05, 0) is 19.6 Å². The molecule has 0 aliphatic heterocycles. The smallest absolute Gasteiger partial charge is 0.0999 e. The van der Waals surface area contributed by atoms with Crippen LogP contribution in [0.4, 0.5) is 0 Å². The Labute approximate surface area is 55.8 Å². The van der Waals surface area contributed by atoms with Crippen LogP contribution in [-0.4, -0.2) is 17.8 Å². The molecule has 0 radical (unpaired) electrons. The number of thioether (sulfide) groups is 1. The van der Waals surface area contributed by atoms with E-state index in [1.165, 1.54) is 0 Å². The molecule has 0 N–H and O–H groups in total. The van der Waals surface area contributed by atoms with E-state index in [9.17, 15) is 0 Å². The molecule has 1 nitrogen and oxygen atoms in total. The van der Waals surface area contributed by atoms with Gasteiger partial charge in [-0.3, -0.25) is 0 Å². The Hall–Kier alpha value is 0.310. The normalized spacial score (nSPS) is 13.9. The maximum atomic E-state index is 5.25. The van der Waals surface area contributed by atoms with Crippen LogP contribution < -0.4 is 0 Å². The van der Waals surface area contributed by atoms with E-state index in [1.54, 1.807) is 0 Å². The SMILES string of the molecule is CCOC(C)SCC. The summed E-state index contributed by atoms with van der Waals surface area (Å²) in [5.41, 5.74) is 0.380. The molecule has 0 saturated carbocycles. The summed E-state index contributed by atoms with van der Waals surface area (Å²) in [5, 5.41) is 0. The molecule has 1 atom stereocenters. The highest BCUT2D eigenvalue weighted by Crippen LogP contribution is 2.09. The van der Waals surface area contributed by atoms with Crippen molar-refractivity contribution in [2.75, 3.05) is 12.4 Å². The van der Waals surface area contributed by atoms with Crippen molar-refractivity contribution in [1.29, 1.82) is 0 Å². The minimum absolute atomic E-state index is 0.380. The molecule has 0 aromatic rings. The third-order valence-electron chi connectivity index (χ3n) is 0.803. The number of ether oxygens (including phenoxy) is 1. The van der Waals surface area contributed by atoms with E-state index in [1.807, 2.05) is 18.7 Å². The van der Waals surface area contributed by atoms with Crippen LogP contribution in [0, 0.1) is 0 Å². The molecule has 0 rings (SSSR count). The summed E-state index contributed by atoms with van der Waals surface area (Å²) in [7, 11) is 0. The van der Waals surface area contributed by atoms with E-state index in [0.717, 1.165) is 12.4 Å². The van der Waals surface area contributed by atoms with Crippen molar-refractivity contribution in [3.8, 4) is 0 Å². The van der Waals surface area contributed by atoms with E-state index >= 15 is 0 Å². The standard InChI is InChI=1S/C6H14OS/c1-4-7-6(3)8-5-2/h6H,4-5H2,1-3H3.